The third-order valence-electron chi connectivity index (χ3n) is 3.81. The topological polar surface area (TPSA) is 71.4 Å². The van der Waals surface area contributed by atoms with Crippen molar-refractivity contribution in [3.63, 3.8) is 0 Å². The number of hydrogen-bond acceptors (Lipinski definition) is 3. The summed E-state index contributed by atoms with van der Waals surface area (Å²) in [5, 5.41) is 0.906. The number of aromatic nitrogens is 1. The zero-order valence-corrected chi connectivity index (χ0v) is 12.6. The fourth-order valence-corrected chi connectivity index (χ4v) is 3.88. The van der Waals surface area contributed by atoms with Crippen molar-refractivity contribution >= 4 is 27.0 Å². The zero-order valence-electron chi connectivity index (χ0n) is 11.7. The Hall–Kier alpha value is -1.86. The van der Waals surface area contributed by atoms with E-state index in [0.717, 1.165) is 23.7 Å². The first-order valence-electron chi connectivity index (χ1n) is 6.86. The van der Waals surface area contributed by atoms with Crippen LogP contribution in [0.3, 0.4) is 0 Å². The van der Waals surface area contributed by atoms with E-state index in [1.165, 1.54) is 4.31 Å². The number of carbonyl (C=O) groups excluding carboxylic acids is 1. The molecule has 0 atom stereocenters. The molecule has 1 saturated heterocycles. The SMILES string of the molecule is Cn1c(C(=O)NS(=O)(=O)N2CCCC2)cc2ccccc21. The van der Waals surface area contributed by atoms with E-state index in [1.807, 2.05) is 24.3 Å². The Morgan fingerprint density at radius 1 is 1.19 bits per heavy atom. The number of nitrogens with zero attached hydrogens (tertiary/aromatic N) is 2. The van der Waals surface area contributed by atoms with E-state index in [2.05, 4.69) is 4.72 Å². The van der Waals surface area contributed by atoms with E-state index >= 15 is 0 Å². The minimum atomic E-state index is -3.74. The van der Waals surface area contributed by atoms with Crippen LogP contribution in [0, 0.1) is 0 Å². The Morgan fingerprint density at radius 3 is 2.52 bits per heavy atom. The van der Waals surface area contributed by atoms with Gasteiger partial charge in [0.05, 0.1) is 0 Å². The number of hydrogen-bond donors (Lipinski definition) is 1. The van der Waals surface area contributed by atoms with Crippen LogP contribution in [0.15, 0.2) is 30.3 Å². The monoisotopic (exact) mass is 307 g/mol. The maximum atomic E-state index is 12.3. The second-order valence-electron chi connectivity index (χ2n) is 5.19. The number of para-hydroxylation sites is 1. The first-order valence-corrected chi connectivity index (χ1v) is 8.30. The zero-order chi connectivity index (χ0) is 15.0. The van der Waals surface area contributed by atoms with Gasteiger partial charge in [-0.25, -0.2) is 4.72 Å². The molecule has 1 aromatic carbocycles. The minimum absolute atomic E-state index is 0.332. The molecule has 2 heterocycles. The van der Waals surface area contributed by atoms with Gasteiger partial charge in [0.15, 0.2) is 0 Å². The summed E-state index contributed by atoms with van der Waals surface area (Å²) < 4.78 is 29.4. The fourth-order valence-electron chi connectivity index (χ4n) is 2.67. The van der Waals surface area contributed by atoms with Gasteiger partial charge >= 0.3 is 10.2 Å². The average molecular weight is 307 g/mol. The van der Waals surface area contributed by atoms with Gasteiger partial charge in [0.25, 0.3) is 5.91 Å². The second kappa shape index (κ2) is 5.16. The van der Waals surface area contributed by atoms with Crippen molar-refractivity contribution in [3.05, 3.63) is 36.0 Å². The smallest absolute Gasteiger partial charge is 0.304 e. The Labute approximate surface area is 123 Å². The number of amides is 1. The summed E-state index contributed by atoms with van der Waals surface area (Å²) in [5.74, 6) is -0.597. The van der Waals surface area contributed by atoms with Crippen LogP contribution in [0.25, 0.3) is 10.9 Å². The van der Waals surface area contributed by atoms with Crippen LogP contribution in [0.2, 0.25) is 0 Å². The van der Waals surface area contributed by atoms with E-state index in [4.69, 9.17) is 0 Å². The van der Waals surface area contributed by atoms with Gasteiger partial charge in [-0.05, 0) is 25.0 Å². The van der Waals surface area contributed by atoms with Crippen LogP contribution in [-0.4, -0.2) is 36.3 Å². The van der Waals surface area contributed by atoms with Crippen molar-refractivity contribution in [2.24, 2.45) is 7.05 Å². The van der Waals surface area contributed by atoms with E-state index in [-0.39, 0.29) is 0 Å². The number of rotatable bonds is 3. The molecule has 0 spiro atoms. The van der Waals surface area contributed by atoms with Crippen LogP contribution in [0.4, 0.5) is 0 Å². The van der Waals surface area contributed by atoms with Crippen LogP contribution < -0.4 is 4.72 Å². The Morgan fingerprint density at radius 2 is 1.86 bits per heavy atom. The third kappa shape index (κ3) is 2.54. The maximum Gasteiger partial charge on any atom is 0.304 e. The fraction of sp³-hybridized carbons (Fsp3) is 0.357. The highest BCUT2D eigenvalue weighted by Crippen LogP contribution is 2.19. The quantitative estimate of drug-likeness (QED) is 0.927. The molecule has 1 aromatic heterocycles. The predicted molar refractivity (Wildman–Crippen MR) is 80.1 cm³/mol. The lowest BCUT2D eigenvalue weighted by atomic mass is 10.2. The molecule has 3 rings (SSSR count). The molecule has 1 N–H and O–H groups in total. The highest BCUT2D eigenvalue weighted by Gasteiger charge is 2.28. The Kier molecular flexibility index (Phi) is 3.46. The summed E-state index contributed by atoms with van der Waals surface area (Å²) in [7, 11) is -1.99. The standard InChI is InChI=1S/C14H17N3O3S/c1-16-12-7-3-2-6-11(12)10-13(16)14(18)15-21(19,20)17-8-4-5-9-17/h2-3,6-7,10H,4-5,8-9H2,1H3,(H,15,18). The molecule has 0 saturated carbocycles. The molecule has 0 bridgehead atoms. The normalized spacial score (nSPS) is 16.4. The van der Waals surface area contributed by atoms with Crippen LogP contribution in [-0.2, 0) is 17.3 Å². The van der Waals surface area contributed by atoms with Gasteiger partial charge in [-0.15, -0.1) is 0 Å². The largest absolute Gasteiger partial charge is 0.340 e. The van der Waals surface area contributed by atoms with Crippen molar-refractivity contribution in [1.29, 1.82) is 0 Å². The van der Waals surface area contributed by atoms with Gasteiger partial charge in [-0.3, -0.25) is 4.79 Å². The lowest BCUT2D eigenvalue weighted by molar-refractivity contribution is 0.0972. The molecule has 0 unspecified atom stereocenters. The van der Waals surface area contributed by atoms with E-state index in [9.17, 15) is 13.2 Å². The number of fused-ring (bicyclic) bond motifs is 1. The van der Waals surface area contributed by atoms with Crippen molar-refractivity contribution in [2.45, 2.75) is 12.8 Å². The highest BCUT2D eigenvalue weighted by molar-refractivity contribution is 7.87. The van der Waals surface area contributed by atoms with E-state index < -0.39 is 16.1 Å². The number of aryl methyl sites for hydroxylation is 1. The van der Waals surface area contributed by atoms with E-state index in [1.54, 1.807) is 17.7 Å². The molecule has 0 radical (unpaired) electrons. The maximum absolute atomic E-state index is 12.3. The number of carbonyl (C=O) groups is 1. The lowest BCUT2D eigenvalue weighted by Crippen LogP contribution is -2.42. The van der Waals surface area contributed by atoms with Crippen molar-refractivity contribution in [3.8, 4) is 0 Å². The molecule has 6 nitrogen and oxygen atoms in total. The van der Waals surface area contributed by atoms with Gasteiger partial charge in [-0.1, -0.05) is 18.2 Å². The van der Waals surface area contributed by atoms with Crippen LogP contribution in [0.5, 0.6) is 0 Å². The molecule has 1 amide bonds. The molecule has 112 valence electrons. The number of benzene rings is 1. The summed E-state index contributed by atoms with van der Waals surface area (Å²) >= 11 is 0. The van der Waals surface area contributed by atoms with Gasteiger partial charge < -0.3 is 4.57 Å². The van der Waals surface area contributed by atoms with Crippen molar-refractivity contribution < 1.29 is 13.2 Å². The molecule has 0 aliphatic carbocycles. The summed E-state index contributed by atoms with van der Waals surface area (Å²) in [4.78, 5) is 12.3. The molecule has 1 fully saturated rings. The van der Waals surface area contributed by atoms with Crippen molar-refractivity contribution in [1.82, 2.24) is 13.6 Å². The average Bonchev–Trinajstić information content (AvgIpc) is 3.07. The minimum Gasteiger partial charge on any atom is -0.340 e. The first-order chi connectivity index (χ1) is 9.99. The number of nitrogens with one attached hydrogen (secondary N) is 1. The van der Waals surface area contributed by atoms with Gasteiger partial charge in [0.2, 0.25) is 0 Å². The van der Waals surface area contributed by atoms with Crippen molar-refractivity contribution in [2.75, 3.05) is 13.1 Å². The summed E-state index contributed by atoms with van der Waals surface area (Å²) in [6.07, 6.45) is 1.67. The van der Waals surface area contributed by atoms with Gasteiger partial charge in [0.1, 0.15) is 5.69 Å². The highest BCUT2D eigenvalue weighted by atomic mass is 32.2. The van der Waals surface area contributed by atoms with Gasteiger partial charge in [0, 0.05) is 31.0 Å². The second-order valence-corrected chi connectivity index (χ2v) is 6.86. The molecule has 21 heavy (non-hydrogen) atoms. The van der Waals surface area contributed by atoms with Crippen LogP contribution in [0.1, 0.15) is 23.3 Å². The molecular formula is C14H17N3O3S. The summed E-state index contributed by atoms with van der Waals surface area (Å²) in [6, 6.07) is 9.24. The molecule has 1 aliphatic rings. The Balaban J connectivity index is 1.89. The van der Waals surface area contributed by atoms with Crippen LogP contribution >= 0.6 is 0 Å². The molecule has 1 aliphatic heterocycles. The van der Waals surface area contributed by atoms with Gasteiger partial charge in [-0.2, -0.15) is 12.7 Å². The first kappa shape index (κ1) is 14.1. The molecule has 7 heteroatoms. The molecular weight excluding hydrogens is 290 g/mol. The summed E-state index contributed by atoms with van der Waals surface area (Å²) in [6.45, 7) is 0.940. The Bertz CT molecular complexity index is 789. The summed E-state index contributed by atoms with van der Waals surface area (Å²) in [5.41, 5.74) is 1.22. The molecule has 2 aromatic rings. The predicted octanol–water partition coefficient (Wildman–Crippen LogP) is 1.25. The van der Waals surface area contributed by atoms with E-state index in [0.29, 0.717) is 18.8 Å². The lowest BCUT2D eigenvalue weighted by Gasteiger charge is -2.16. The third-order valence-corrected chi connectivity index (χ3v) is 5.30.